The minimum absolute atomic E-state index is 0.117. The van der Waals surface area contributed by atoms with Crippen molar-refractivity contribution in [1.29, 1.82) is 0 Å². The molecule has 0 aliphatic heterocycles. The van der Waals surface area contributed by atoms with E-state index in [0.29, 0.717) is 17.1 Å². The number of Topliss-reactive ketones (excluding diaryl/α,β-unsaturated/α-hetero) is 1. The Hall–Kier alpha value is -0.630. The third kappa shape index (κ3) is 2.13. The van der Waals surface area contributed by atoms with Gasteiger partial charge in [0.2, 0.25) is 0 Å². The molecule has 2 nitrogen and oxygen atoms in total. The molecule has 0 heterocycles. The summed E-state index contributed by atoms with van der Waals surface area (Å²) in [5.41, 5.74) is 2.11. The second-order valence-corrected chi connectivity index (χ2v) is 9.44. The molecule has 0 amide bonds. The van der Waals surface area contributed by atoms with Crippen molar-refractivity contribution in [3.05, 3.63) is 11.6 Å². The first-order chi connectivity index (χ1) is 10.9. The van der Waals surface area contributed by atoms with Crippen molar-refractivity contribution in [2.75, 3.05) is 0 Å². The number of hydrogen-bond donors (Lipinski definition) is 1. The number of fused-ring (bicyclic) bond motifs is 5. The van der Waals surface area contributed by atoms with Gasteiger partial charge in [0.25, 0.3) is 0 Å². The first-order valence-corrected chi connectivity index (χ1v) is 9.74. The second-order valence-electron chi connectivity index (χ2n) is 9.44. The predicted octanol–water partition coefficient (Wildman–Crippen LogP) is 4.52. The third-order valence-corrected chi connectivity index (χ3v) is 8.57. The van der Waals surface area contributed by atoms with Crippen LogP contribution < -0.4 is 0 Å². The van der Waals surface area contributed by atoms with Crippen LogP contribution in [0.4, 0.5) is 0 Å². The van der Waals surface area contributed by atoms with Crippen LogP contribution in [0.15, 0.2) is 11.6 Å². The van der Waals surface area contributed by atoms with Crippen LogP contribution in [0.1, 0.15) is 72.1 Å². The first-order valence-electron chi connectivity index (χ1n) is 9.74. The zero-order valence-corrected chi connectivity index (χ0v) is 15.0. The lowest BCUT2D eigenvalue weighted by Gasteiger charge is -2.57. The number of aliphatic hydroxyl groups excluding tert-OH is 1. The van der Waals surface area contributed by atoms with Gasteiger partial charge in [0, 0.05) is 5.92 Å². The maximum atomic E-state index is 12.2. The van der Waals surface area contributed by atoms with E-state index in [0.717, 1.165) is 43.4 Å². The Bertz CT molecular complexity index is 550. The lowest BCUT2D eigenvalue weighted by molar-refractivity contribution is -0.127. The molecule has 0 radical (unpaired) electrons. The standard InChI is InChI=1S/C21H32O2/c1-13(22)17-6-7-18-16-5-4-14-12-15(23)8-10-20(14,2)19(16)9-11-21(17,18)3/h4,15-19,23H,5-12H2,1-3H3/t15-,16-,17+,18-,19?,20-,21+/m0/s1. The lowest BCUT2D eigenvalue weighted by Crippen LogP contribution is -2.50. The zero-order chi connectivity index (χ0) is 16.4. The number of ketones is 1. The van der Waals surface area contributed by atoms with Gasteiger partial charge in [-0.2, -0.15) is 0 Å². The first kappa shape index (κ1) is 15.9. The van der Waals surface area contributed by atoms with Gasteiger partial charge in [0.05, 0.1) is 6.10 Å². The van der Waals surface area contributed by atoms with Gasteiger partial charge in [-0.05, 0) is 86.9 Å². The van der Waals surface area contributed by atoms with E-state index < -0.39 is 0 Å². The fourth-order valence-electron chi connectivity index (χ4n) is 7.31. The Morgan fingerprint density at radius 2 is 1.91 bits per heavy atom. The quantitative estimate of drug-likeness (QED) is 0.722. The highest BCUT2D eigenvalue weighted by Gasteiger charge is 2.59. The van der Waals surface area contributed by atoms with E-state index in [4.69, 9.17) is 0 Å². The Morgan fingerprint density at radius 3 is 2.65 bits per heavy atom. The highest BCUT2D eigenvalue weighted by atomic mass is 16.3. The zero-order valence-electron chi connectivity index (χ0n) is 15.0. The Balaban J connectivity index is 1.66. The van der Waals surface area contributed by atoms with E-state index in [1.165, 1.54) is 25.7 Å². The second kappa shape index (κ2) is 5.18. The minimum Gasteiger partial charge on any atom is -0.393 e. The van der Waals surface area contributed by atoms with Crippen molar-refractivity contribution in [2.45, 2.75) is 78.2 Å². The van der Waals surface area contributed by atoms with E-state index in [1.54, 1.807) is 5.57 Å². The molecule has 128 valence electrons. The van der Waals surface area contributed by atoms with Crippen molar-refractivity contribution in [2.24, 2.45) is 34.5 Å². The Kier molecular flexibility index (Phi) is 3.58. The fraction of sp³-hybridized carbons (Fsp3) is 0.857. The summed E-state index contributed by atoms with van der Waals surface area (Å²) < 4.78 is 0. The highest BCUT2D eigenvalue weighted by Crippen LogP contribution is 2.66. The van der Waals surface area contributed by atoms with Crippen LogP contribution in [0.3, 0.4) is 0 Å². The molecule has 3 fully saturated rings. The minimum atomic E-state index is -0.117. The van der Waals surface area contributed by atoms with Crippen LogP contribution >= 0.6 is 0 Å². The average Bonchev–Trinajstić information content (AvgIpc) is 2.85. The molecule has 2 heteroatoms. The van der Waals surface area contributed by atoms with Crippen LogP contribution in [0.25, 0.3) is 0 Å². The van der Waals surface area contributed by atoms with E-state index in [2.05, 4.69) is 19.9 Å². The molecule has 0 aromatic rings. The van der Waals surface area contributed by atoms with E-state index in [1.807, 2.05) is 6.92 Å². The summed E-state index contributed by atoms with van der Waals surface area (Å²) >= 11 is 0. The molecule has 0 bridgehead atoms. The predicted molar refractivity (Wildman–Crippen MR) is 91.9 cm³/mol. The van der Waals surface area contributed by atoms with Crippen LogP contribution in [-0.4, -0.2) is 17.0 Å². The van der Waals surface area contributed by atoms with E-state index in [-0.39, 0.29) is 11.5 Å². The molecule has 1 N–H and O–H groups in total. The largest absolute Gasteiger partial charge is 0.393 e. The highest BCUT2D eigenvalue weighted by molar-refractivity contribution is 5.79. The van der Waals surface area contributed by atoms with Crippen molar-refractivity contribution < 1.29 is 9.90 Å². The summed E-state index contributed by atoms with van der Waals surface area (Å²) in [6.45, 7) is 6.70. The molecule has 0 aromatic heterocycles. The number of allylic oxidation sites excluding steroid dienone is 1. The molecule has 23 heavy (non-hydrogen) atoms. The molecule has 7 atom stereocenters. The van der Waals surface area contributed by atoms with Gasteiger partial charge < -0.3 is 5.11 Å². The van der Waals surface area contributed by atoms with Crippen LogP contribution in [0, 0.1) is 34.5 Å². The Labute approximate surface area is 140 Å². The van der Waals surface area contributed by atoms with Crippen molar-refractivity contribution in [3.8, 4) is 0 Å². The third-order valence-electron chi connectivity index (χ3n) is 8.57. The van der Waals surface area contributed by atoms with Gasteiger partial charge in [0.15, 0.2) is 0 Å². The maximum Gasteiger partial charge on any atom is 0.133 e. The number of carbonyl (C=O) groups is 1. The van der Waals surface area contributed by atoms with Gasteiger partial charge in [0.1, 0.15) is 5.78 Å². The van der Waals surface area contributed by atoms with Gasteiger partial charge >= 0.3 is 0 Å². The van der Waals surface area contributed by atoms with Crippen molar-refractivity contribution in [3.63, 3.8) is 0 Å². The normalized spacial score (nSPS) is 52.2. The molecule has 0 spiro atoms. The monoisotopic (exact) mass is 316 g/mol. The summed E-state index contributed by atoms with van der Waals surface area (Å²) in [5, 5.41) is 10.1. The van der Waals surface area contributed by atoms with Crippen molar-refractivity contribution >= 4 is 5.78 Å². The van der Waals surface area contributed by atoms with Gasteiger partial charge in [-0.15, -0.1) is 0 Å². The summed E-state index contributed by atoms with van der Waals surface area (Å²) in [5.74, 6) is 3.00. The lowest BCUT2D eigenvalue weighted by atomic mass is 9.47. The van der Waals surface area contributed by atoms with Gasteiger partial charge in [-0.3, -0.25) is 4.79 Å². The molecule has 0 saturated heterocycles. The Morgan fingerprint density at radius 1 is 1.13 bits per heavy atom. The average molecular weight is 316 g/mol. The van der Waals surface area contributed by atoms with Gasteiger partial charge in [-0.1, -0.05) is 25.5 Å². The van der Waals surface area contributed by atoms with Crippen molar-refractivity contribution in [1.82, 2.24) is 0 Å². The summed E-state index contributed by atoms with van der Waals surface area (Å²) in [7, 11) is 0. The molecular weight excluding hydrogens is 284 g/mol. The SMILES string of the molecule is CC(=O)[C@H]1CC[C@H]2[C@@H]3CC=C4C[C@@H](O)CC[C@]4(C)C3CC[C@]12C. The fourth-order valence-corrected chi connectivity index (χ4v) is 7.31. The summed E-state index contributed by atoms with van der Waals surface area (Å²) in [6, 6.07) is 0. The van der Waals surface area contributed by atoms with Crippen LogP contribution in [0.5, 0.6) is 0 Å². The number of hydrogen-bond acceptors (Lipinski definition) is 2. The summed E-state index contributed by atoms with van der Waals surface area (Å²) in [4.78, 5) is 12.2. The van der Waals surface area contributed by atoms with Crippen LogP contribution in [0.2, 0.25) is 0 Å². The summed E-state index contributed by atoms with van der Waals surface area (Å²) in [6.07, 6.45) is 11.5. The van der Waals surface area contributed by atoms with E-state index >= 15 is 0 Å². The number of carbonyl (C=O) groups excluding carboxylic acids is 1. The number of rotatable bonds is 1. The van der Waals surface area contributed by atoms with E-state index in [9.17, 15) is 9.90 Å². The number of aliphatic hydroxyl groups is 1. The topological polar surface area (TPSA) is 37.3 Å². The maximum absolute atomic E-state index is 12.2. The molecule has 3 saturated carbocycles. The molecule has 4 aliphatic carbocycles. The van der Waals surface area contributed by atoms with Crippen LogP contribution in [-0.2, 0) is 4.79 Å². The molecule has 4 aliphatic rings. The van der Waals surface area contributed by atoms with Gasteiger partial charge in [-0.25, -0.2) is 0 Å². The molecule has 4 rings (SSSR count). The molecular formula is C21H32O2. The smallest absolute Gasteiger partial charge is 0.133 e. The molecule has 0 aromatic carbocycles. The molecule has 1 unspecified atom stereocenters.